The molecule has 0 saturated carbocycles. The fourth-order valence-electron chi connectivity index (χ4n) is 6.51. The van der Waals surface area contributed by atoms with Crippen LogP contribution < -0.4 is 19.2 Å². The molecule has 11 nitrogen and oxygen atoms in total. The number of benzene rings is 3. The molecule has 3 saturated heterocycles. The Morgan fingerprint density at radius 3 is 2.25 bits per heavy atom. The number of halogens is 2. The molecule has 3 aliphatic rings. The van der Waals surface area contributed by atoms with Gasteiger partial charge in [-0.25, -0.2) is 23.0 Å². The number of aromatic nitrogens is 1. The molecule has 51 heavy (non-hydrogen) atoms. The summed E-state index contributed by atoms with van der Waals surface area (Å²) in [6, 6.07) is 17.7. The molecule has 2 N–H and O–H groups in total. The van der Waals surface area contributed by atoms with Crippen LogP contribution in [0.1, 0.15) is 52.0 Å². The van der Waals surface area contributed by atoms with Gasteiger partial charge in [0, 0.05) is 18.5 Å². The molecule has 0 amide bonds. The first-order valence-electron chi connectivity index (χ1n) is 16.4. The van der Waals surface area contributed by atoms with Gasteiger partial charge in [-0.2, -0.15) is 4.72 Å². The van der Waals surface area contributed by atoms with E-state index in [1.165, 1.54) is 38.5 Å². The Labute approximate surface area is 306 Å². The van der Waals surface area contributed by atoms with Crippen LogP contribution in [-0.4, -0.2) is 65.2 Å². The number of ether oxygens (including phenoxy) is 4. The number of carbonyl (C=O) groups excluding carboxylic acids is 2. The van der Waals surface area contributed by atoms with Gasteiger partial charge in [-0.05, 0) is 73.3 Å². The lowest BCUT2D eigenvalue weighted by Gasteiger charge is -2.44. The van der Waals surface area contributed by atoms with Crippen LogP contribution in [0.15, 0.2) is 90.1 Å². The third kappa shape index (κ3) is 8.48. The van der Waals surface area contributed by atoms with E-state index >= 15 is 0 Å². The van der Waals surface area contributed by atoms with E-state index in [1.54, 1.807) is 60.9 Å². The number of carbonyl (C=O) groups is 2. The van der Waals surface area contributed by atoms with Crippen LogP contribution in [0.5, 0.6) is 11.5 Å². The zero-order chi connectivity index (χ0) is 36.1. The zero-order valence-electron chi connectivity index (χ0n) is 28.0. The van der Waals surface area contributed by atoms with Gasteiger partial charge in [0.1, 0.15) is 28.3 Å². The average Bonchev–Trinajstić information content (AvgIpc) is 3.15. The molecule has 0 aliphatic carbocycles. The largest absolute Gasteiger partial charge is 0.493 e. The predicted octanol–water partition coefficient (Wildman–Crippen LogP) is 5.62. The van der Waals surface area contributed by atoms with Gasteiger partial charge in [-0.3, -0.25) is 4.90 Å². The number of fused-ring (bicyclic) bond motifs is 3. The van der Waals surface area contributed by atoms with Crippen LogP contribution in [0.2, 0.25) is 10.0 Å². The van der Waals surface area contributed by atoms with Crippen LogP contribution >= 0.6 is 23.2 Å². The summed E-state index contributed by atoms with van der Waals surface area (Å²) in [7, 11) is -1.36. The molecule has 2 bridgehead atoms. The van der Waals surface area contributed by atoms with Gasteiger partial charge in [0.05, 0.1) is 24.7 Å². The van der Waals surface area contributed by atoms with Gasteiger partial charge in [0.25, 0.3) is 0 Å². The van der Waals surface area contributed by atoms with Gasteiger partial charge in [-0.15, -0.1) is 0 Å². The van der Waals surface area contributed by atoms with E-state index in [2.05, 4.69) is 14.6 Å². The number of rotatable bonds is 13. The summed E-state index contributed by atoms with van der Waals surface area (Å²) < 4.78 is 53.1. The molecule has 3 fully saturated rings. The fraction of sp³-hybridized carbons (Fsp3) is 0.324. The molecule has 7 rings (SSSR count). The Morgan fingerprint density at radius 1 is 0.902 bits per heavy atom. The topological polar surface area (TPSA) is 135 Å². The lowest BCUT2D eigenvalue weighted by atomic mass is 9.86. The summed E-state index contributed by atoms with van der Waals surface area (Å²) in [5.41, 5.74) is 1.48. The lowest BCUT2D eigenvalue weighted by Crippen LogP contribution is -2.52. The van der Waals surface area contributed by atoms with E-state index in [4.69, 9.17) is 42.1 Å². The van der Waals surface area contributed by atoms with Crippen molar-refractivity contribution in [2.45, 2.75) is 42.4 Å². The molecular formula is C37H38Cl2N3O8S+. The standard InChI is InChI=1S/C37H37Cl2N3O8S/c1-47-31-12-11-25(18-33(31)48-2)32(19-28-29(38)20-40-21-30(28)39)49-36(43)26-9-6-10-27(17-26)51(45,46)41-35(24-7-4-3-5-8-24)37(44)50-34-22-42-15-13-23(34)14-16-42/h3-12,17-18,20-21,23,32,34-35,41H,13-16,19,22H2,1-2H3/p+1/t32-,34-,35?/m0/s1. The minimum atomic E-state index is -4.35. The molecule has 3 aliphatic heterocycles. The van der Waals surface area contributed by atoms with E-state index in [-0.39, 0.29) is 28.9 Å². The molecule has 4 aromatic rings. The Morgan fingerprint density at radius 2 is 1.61 bits per heavy atom. The number of aromatic amines is 1. The summed E-state index contributed by atoms with van der Waals surface area (Å²) in [4.78, 5) is 32.2. The lowest BCUT2D eigenvalue weighted by molar-refractivity contribution is -0.377. The number of pyridine rings is 1. The Hall–Kier alpha value is -4.20. The van der Waals surface area contributed by atoms with Crippen LogP contribution in [0.25, 0.3) is 0 Å². The highest BCUT2D eigenvalue weighted by Gasteiger charge is 2.39. The van der Waals surface area contributed by atoms with Gasteiger partial charge in [0.2, 0.25) is 10.0 Å². The quantitative estimate of drug-likeness (QED) is 0.173. The van der Waals surface area contributed by atoms with Crippen molar-refractivity contribution in [2.24, 2.45) is 5.92 Å². The van der Waals surface area contributed by atoms with Crippen molar-refractivity contribution in [1.29, 1.82) is 0 Å². The highest BCUT2D eigenvalue weighted by atomic mass is 35.5. The molecular weight excluding hydrogens is 717 g/mol. The van der Waals surface area contributed by atoms with Gasteiger partial charge < -0.3 is 18.9 Å². The minimum Gasteiger partial charge on any atom is -0.493 e. The third-order valence-electron chi connectivity index (χ3n) is 9.30. The number of sulfonamides is 1. The summed E-state index contributed by atoms with van der Waals surface area (Å²) in [5, 5.41) is 0.673. The Balaban J connectivity index is 1.25. The number of piperidine rings is 3. The zero-order valence-corrected chi connectivity index (χ0v) is 30.3. The van der Waals surface area contributed by atoms with Crippen LogP contribution in [0, 0.1) is 5.92 Å². The molecule has 0 spiro atoms. The molecule has 0 radical (unpaired) electrons. The third-order valence-corrected chi connectivity index (χ3v) is 11.4. The van der Waals surface area contributed by atoms with E-state index in [0.717, 1.165) is 25.9 Å². The van der Waals surface area contributed by atoms with Gasteiger partial charge >= 0.3 is 11.9 Å². The molecule has 3 aromatic carbocycles. The number of H-pyrrole nitrogens is 1. The van der Waals surface area contributed by atoms with Crippen molar-refractivity contribution < 1.29 is 41.9 Å². The maximum atomic E-state index is 13.9. The second kappa shape index (κ2) is 16.0. The van der Waals surface area contributed by atoms with E-state index in [1.807, 2.05) is 0 Å². The maximum Gasteiger partial charge on any atom is 0.338 e. The number of nitrogens with zero attached hydrogens (tertiary/aromatic N) is 1. The number of esters is 2. The monoisotopic (exact) mass is 754 g/mol. The minimum absolute atomic E-state index is 0.0342. The highest BCUT2D eigenvalue weighted by Crippen LogP contribution is 2.36. The Bertz CT molecular complexity index is 1970. The van der Waals surface area contributed by atoms with Crippen LogP contribution in [0.3, 0.4) is 0 Å². The first-order valence-corrected chi connectivity index (χ1v) is 18.7. The number of hydrogen-bond acceptors (Lipinski definition) is 9. The fourth-order valence-corrected chi connectivity index (χ4v) is 8.26. The van der Waals surface area contributed by atoms with Crippen molar-refractivity contribution in [3.05, 3.63) is 117 Å². The van der Waals surface area contributed by atoms with Crippen molar-refractivity contribution in [1.82, 2.24) is 9.62 Å². The summed E-state index contributed by atoms with van der Waals surface area (Å²) >= 11 is 12.9. The predicted molar refractivity (Wildman–Crippen MR) is 189 cm³/mol. The van der Waals surface area contributed by atoms with E-state index in [9.17, 15) is 18.0 Å². The molecule has 268 valence electrons. The van der Waals surface area contributed by atoms with Gasteiger partial charge in [0.15, 0.2) is 23.9 Å². The van der Waals surface area contributed by atoms with Crippen LogP contribution in [-0.2, 0) is 30.7 Å². The van der Waals surface area contributed by atoms with E-state index in [0.29, 0.717) is 44.8 Å². The number of methoxy groups -OCH3 is 2. The molecule has 14 heteroatoms. The highest BCUT2D eigenvalue weighted by molar-refractivity contribution is 7.89. The summed E-state index contributed by atoms with van der Waals surface area (Å²) in [5.74, 6) is -0.363. The normalized spacial score (nSPS) is 19.5. The average molecular weight is 756 g/mol. The molecule has 1 unspecified atom stereocenters. The maximum absolute atomic E-state index is 13.9. The summed E-state index contributed by atoms with van der Waals surface area (Å²) in [6.07, 6.45) is 3.84. The molecule has 4 heterocycles. The molecule has 3 atom stereocenters. The van der Waals surface area contributed by atoms with Gasteiger partial charge in [-0.1, -0.05) is 65.7 Å². The SMILES string of the molecule is COc1ccc([C@H](Cc2c(Cl)c[nH+]cc2Cl)OC(=O)c2cccc(S(=O)(=O)NC(C(=O)O[C@H]3CN4CCC3CC4)c3ccccc3)c2)cc1OC. The van der Waals surface area contributed by atoms with Crippen molar-refractivity contribution in [2.75, 3.05) is 33.9 Å². The number of hydrogen-bond donors (Lipinski definition) is 1. The van der Waals surface area contributed by atoms with Crippen molar-refractivity contribution in [3.8, 4) is 11.5 Å². The van der Waals surface area contributed by atoms with Crippen LogP contribution in [0.4, 0.5) is 0 Å². The Kier molecular flexibility index (Phi) is 11.5. The first kappa shape index (κ1) is 36.6. The second-order valence-corrected chi connectivity index (χ2v) is 15.0. The van der Waals surface area contributed by atoms with Crippen molar-refractivity contribution in [3.63, 3.8) is 0 Å². The van der Waals surface area contributed by atoms with E-state index < -0.39 is 34.1 Å². The number of nitrogens with one attached hydrogen (secondary N) is 2. The van der Waals surface area contributed by atoms with Crippen molar-refractivity contribution >= 4 is 45.2 Å². The second-order valence-electron chi connectivity index (χ2n) is 12.4. The smallest absolute Gasteiger partial charge is 0.338 e. The summed E-state index contributed by atoms with van der Waals surface area (Å²) in [6.45, 7) is 2.56. The first-order chi connectivity index (χ1) is 24.6. The molecule has 1 aromatic heterocycles.